The molecular formula is C19H24N4O2. The lowest BCUT2D eigenvalue weighted by Gasteiger charge is -2.30. The molecule has 2 heterocycles. The Hall–Kier alpha value is -2.63. The highest BCUT2D eigenvalue weighted by atomic mass is 16.2. The van der Waals surface area contributed by atoms with Crippen molar-refractivity contribution in [2.45, 2.75) is 33.2 Å². The van der Waals surface area contributed by atoms with Gasteiger partial charge in [0.25, 0.3) is 5.91 Å². The number of likely N-dealkylation sites (tertiary alicyclic amines) is 1. The average molecular weight is 340 g/mol. The molecule has 0 saturated carbocycles. The molecule has 0 atom stereocenters. The van der Waals surface area contributed by atoms with E-state index in [0.717, 1.165) is 17.0 Å². The number of hydrogen-bond acceptors (Lipinski definition) is 3. The highest BCUT2D eigenvalue weighted by molar-refractivity contribution is 5.94. The summed E-state index contributed by atoms with van der Waals surface area (Å²) in [5, 5.41) is 4.47. The monoisotopic (exact) mass is 340 g/mol. The van der Waals surface area contributed by atoms with Crippen LogP contribution >= 0.6 is 0 Å². The van der Waals surface area contributed by atoms with E-state index < -0.39 is 0 Å². The molecular weight excluding hydrogens is 316 g/mol. The van der Waals surface area contributed by atoms with Crippen LogP contribution in [0.4, 0.5) is 0 Å². The predicted octanol–water partition coefficient (Wildman–Crippen LogP) is 1.89. The number of primary amides is 1. The minimum Gasteiger partial charge on any atom is -0.369 e. The van der Waals surface area contributed by atoms with Crippen molar-refractivity contribution in [3.05, 3.63) is 52.8 Å². The molecule has 3 rings (SSSR count). The molecule has 0 spiro atoms. The van der Waals surface area contributed by atoms with Crippen LogP contribution in [0.5, 0.6) is 0 Å². The fourth-order valence-corrected chi connectivity index (χ4v) is 3.36. The first-order chi connectivity index (χ1) is 11.9. The van der Waals surface area contributed by atoms with Crippen LogP contribution in [0, 0.1) is 19.8 Å². The molecule has 0 radical (unpaired) electrons. The summed E-state index contributed by atoms with van der Waals surface area (Å²) in [6, 6.07) is 9.72. The van der Waals surface area contributed by atoms with Crippen LogP contribution < -0.4 is 5.73 Å². The Balaban J connectivity index is 1.70. The van der Waals surface area contributed by atoms with Gasteiger partial charge in [-0.25, -0.2) is 0 Å². The lowest BCUT2D eigenvalue weighted by Crippen LogP contribution is -2.41. The van der Waals surface area contributed by atoms with Crippen LogP contribution in [-0.2, 0) is 11.3 Å². The van der Waals surface area contributed by atoms with E-state index in [1.165, 1.54) is 0 Å². The highest BCUT2D eigenvalue weighted by Gasteiger charge is 2.26. The van der Waals surface area contributed by atoms with Gasteiger partial charge < -0.3 is 10.6 Å². The average Bonchev–Trinajstić information content (AvgIpc) is 2.91. The number of benzene rings is 1. The van der Waals surface area contributed by atoms with Crippen LogP contribution in [0.25, 0.3) is 0 Å². The summed E-state index contributed by atoms with van der Waals surface area (Å²) in [6.07, 6.45) is 1.29. The van der Waals surface area contributed by atoms with Gasteiger partial charge >= 0.3 is 0 Å². The molecule has 25 heavy (non-hydrogen) atoms. The number of nitrogens with two attached hydrogens (primary N) is 1. The standard InChI is InChI=1S/C19H24N4O2/c1-13-10-14(2)23(21-13)12-15-4-3-5-17(11-15)19(25)22-8-6-16(7-9-22)18(20)24/h3-5,10-11,16H,6-9,12H2,1-2H3,(H2,20,24). The Labute approximate surface area is 147 Å². The fourth-order valence-electron chi connectivity index (χ4n) is 3.36. The van der Waals surface area contributed by atoms with E-state index in [4.69, 9.17) is 5.73 Å². The quantitative estimate of drug-likeness (QED) is 0.923. The van der Waals surface area contributed by atoms with Crippen LogP contribution in [0.15, 0.2) is 30.3 Å². The number of nitrogens with zero attached hydrogens (tertiary/aromatic N) is 3. The number of carbonyl (C=O) groups excluding carboxylic acids is 2. The van der Waals surface area contributed by atoms with E-state index in [0.29, 0.717) is 38.0 Å². The van der Waals surface area contributed by atoms with Gasteiger partial charge in [-0.1, -0.05) is 12.1 Å². The molecule has 6 heteroatoms. The van der Waals surface area contributed by atoms with E-state index in [1.54, 1.807) is 0 Å². The number of carbonyl (C=O) groups is 2. The van der Waals surface area contributed by atoms with Gasteiger partial charge in [-0.3, -0.25) is 14.3 Å². The number of rotatable bonds is 4. The van der Waals surface area contributed by atoms with Gasteiger partial charge in [-0.05, 0) is 50.5 Å². The van der Waals surface area contributed by atoms with Gasteiger partial charge in [-0.15, -0.1) is 0 Å². The molecule has 0 unspecified atom stereocenters. The van der Waals surface area contributed by atoms with Crippen LogP contribution in [-0.4, -0.2) is 39.6 Å². The van der Waals surface area contributed by atoms with E-state index in [9.17, 15) is 9.59 Å². The topological polar surface area (TPSA) is 81.2 Å². The smallest absolute Gasteiger partial charge is 0.253 e. The van der Waals surface area contributed by atoms with Crippen molar-refractivity contribution in [1.29, 1.82) is 0 Å². The first-order valence-electron chi connectivity index (χ1n) is 8.62. The van der Waals surface area contributed by atoms with Gasteiger partial charge in [0, 0.05) is 30.3 Å². The Kier molecular flexibility index (Phi) is 4.88. The van der Waals surface area contributed by atoms with Crippen LogP contribution in [0.1, 0.15) is 40.2 Å². The molecule has 2 aromatic rings. The van der Waals surface area contributed by atoms with Gasteiger partial charge in [-0.2, -0.15) is 5.10 Å². The zero-order valence-corrected chi connectivity index (χ0v) is 14.7. The fraction of sp³-hybridized carbons (Fsp3) is 0.421. The number of aromatic nitrogens is 2. The largest absolute Gasteiger partial charge is 0.369 e. The molecule has 1 fully saturated rings. The minimum absolute atomic E-state index is 0.0122. The number of piperidine rings is 1. The second kappa shape index (κ2) is 7.09. The maximum atomic E-state index is 12.7. The summed E-state index contributed by atoms with van der Waals surface area (Å²) in [6.45, 7) is 5.80. The molecule has 2 N–H and O–H groups in total. The summed E-state index contributed by atoms with van der Waals surface area (Å²) >= 11 is 0. The molecule has 0 bridgehead atoms. The van der Waals surface area contributed by atoms with Gasteiger partial charge in [0.2, 0.25) is 5.91 Å². The molecule has 0 aliphatic carbocycles. The molecule has 1 saturated heterocycles. The Morgan fingerprint density at radius 3 is 2.52 bits per heavy atom. The second-order valence-electron chi connectivity index (χ2n) is 6.75. The highest BCUT2D eigenvalue weighted by Crippen LogP contribution is 2.19. The summed E-state index contributed by atoms with van der Waals surface area (Å²) in [5.41, 5.74) is 9.17. The second-order valence-corrected chi connectivity index (χ2v) is 6.75. The summed E-state index contributed by atoms with van der Waals surface area (Å²) in [4.78, 5) is 25.8. The lowest BCUT2D eigenvalue weighted by molar-refractivity contribution is -0.123. The third kappa shape index (κ3) is 3.90. The van der Waals surface area contributed by atoms with Gasteiger partial charge in [0.15, 0.2) is 0 Å². The first kappa shape index (κ1) is 17.2. The van der Waals surface area contributed by atoms with E-state index in [-0.39, 0.29) is 17.7 Å². The van der Waals surface area contributed by atoms with Crippen molar-refractivity contribution < 1.29 is 9.59 Å². The molecule has 6 nitrogen and oxygen atoms in total. The van der Waals surface area contributed by atoms with Crippen molar-refractivity contribution in [1.82, 2.24) is 14.7 Å². The Morgan fingerprint density at radius 2 is 1.92 bits per heavy atom. The Bertz CT molecular complexity index is 788. The zero-order valence-electron chi connectivity index (χ0n) is 14.7. The first-order valence-corrected chi connectivity index (χ1v) is 8.62. The molecule has 132 valence electrons. The van der Waals surface area contributed by atoms with Crippen LogP contribution in [0.3, 0.4) is 0 Å². The maximum Gasteiger partial charge on any atom is 0.253 e. The molecule has 1 aliphatic heterocycles. The summed E-state index contributed by atoms with van der Waals surface area (Å²) in [7, 11) is 0. The van der Waals surface area contributed by atoms with E-state index >= 15 is 0 Å². The van der Waals surface area contributed by atoms with Crippen molar-refractivity contribution >= 4 is 11.8 Å². The van der Waals surface area contributed by atoms with E-state index in [2.05, 4.69) is 5.10 Å². The number of aryl methyl sites for hydroxylation is 2. The van der Waals surface area contributed by atoms with Crippen molar-refractivity contribution in [3.63, 3.8) is 0 Å². The SMILES string of the molecule is Cc1cc(C)n(Cc2cccc(C(=O)N3CCC(C(N)=O)CC3)c2)n1. The lowest BCUT2D eigenvalue weighted by atomic mass is 9.95. The summed E-state index contributed by atoms with van der Waals surface area (Å²) < 4.78 is 1.94. The number of hydrogen-bond donors (Lipinski definition) is 1. The predicted molar refractivity (Wildman–Crippen MR) is 95.1 cm³/mol. The van der Waals surface area contributed by atoms with Gasteiger partial charge in [0.05, 0.1) is 12.2 Å². The summed E-state index contributed by atoms with van der Waals surface area (Å²) in [5.74, 6) is -0.362. The zero-order chi connectivity index (χ0) is 18.0. The normalized spacial score (nSPS) is 15.4. The van der Waals surface area contributed by atoms with Crippen molar-refractivity contribution in [2.24, 2.45) is 11.7 Å². The van der Waals surface area contributed by atoms with Gasteiger partial charge in [0.1, 0.15) is 0 Å². The van der Waals surface area contributed by atoms with E-state index in [1.807, 2.05) is 53.8 Å². The molecule has 1 aromatic heterocycles. The third-order valence-corrected chi connectivity index (χ3v) is 4.79. The third-order valence-electron chi connectivity index (χ3n) is 4.79. The van der Waals surface area contributed by atoms with Crippen molar-refractivity contribution in [2.75, 3.05) is 13.1 Å². The van der Waals surface area contributed by atoms with Crippen molar-refractivity contribution in [3.8, 4) is 0 Å². The van der Waals surface area contributed by atoms with Crippen LogP contribution in [0.2, 0.25) is 0 Å². The number of amides is 2. The molecule has 2 amide bonds. The molecule has 1 aliphatic rings. The maximum absolute atomic E-state index is 12.7. The Morgan fingerprint density at radius 1 is 1.20 bits per heavy atom. The molecule has 1 aromatic carbocycles. The minimum atomic E-state index is -0.265.